The SMILES string of the molecule is O=C1C[C@H](C(=O)Nc2ccccc2[N+](=O)[O-])c2c(nc(Nc3cccc(C(F)(F)F)c3)[nH]c2=O)N1. The molecule has 0 aliphatic carbocycles. The molecule has 0 fully saturated rings. The Balaban J connectivity index is 1.64. The second-order valence-electron chi connectivity index (χ2n) is 7.45. The number of para-hydroxylation sites is 2. The van der Waals surface area contributed by atoms with Crippen LogP contribution in [0.4, 0.5) is 42.0 Å². The van der Waals surface area contributed by atoms with Gasteiger partial charge in [-0.2, -0.15) is 18.2 Å². The van der Waals surface area contributed by atoms with Crippen LogP contribution in [0.1, 0.15) is 23.5 Å². The zero-order valence-electron chi connectivity index (χ0n) is 17.5. The summed E-state index contributed by atoms with van der Waals surface area (Å²) in [6.45, 7) is 0. The van der Waals surface area contributed by atoms with Crippen molar-refractivity contribution in [3.8, 4) is 0 Å². The van der Waals surface area contributed by atoms with Gasteiger partial charge in [0, 0.05) is 18.2 Å². The van der Waals surface area contributed by atoms with Gasteiger partial charge in [-0.15, -0.1) is 0 Å². The lowest BCUT2D eigenvalue weighted by molar-refractivity contribution is -0.383. The van der Waals surface area contributed by atoms with Crippen molar-refractivity contribution in [3.05, 3.63) is 80.1 Å². The average Bonchev–Trinajstić information content (AvgIpc) is 2.78. The molecule has 180 valence electrons. The van der Waals surface area contributed by atoms with E-state index in [0.717, 1.165) is 18.2 Å². The number of hydrogen-bond donors (Lipinski definition) is 4. The monoisotopic (exact) mass is 488 g/mol. The molecule has 1 aliphatic heterocycles. The van der Waals surface area contributed by atoms with E-state index in [1.54, 1.807) is 0 Å². The van der Waals surface area contributed by atoms with Crippen molar-refractivity contribution in [2.45, 2.75) is 18.5 Å². The number of rotatable bonds is 5. The van der Waals surface area contributed by atoms with Gasteiger partial charge < -0.3 is 16.0 Å². The van der Waals surface area contributed by atoms with Crippen LogP contribution >= 0.6 is 0 Å². The lowest BCUT2D eigenvalue weighted by Gasteiger charge is -2.23. The second-order valence-corrected chi connectivity index (χ2v) is 7.45. The van der Waals surface area contributed by atoms with Gasteiger partial charge in [0.2, 0.25) is 17.8 Å². The van der Waals surface area contributed by atoms with E-state index in [9.17, 15) is 37.7 Å². The number of nitro groups is 1. The van der Waals surface area contributed by atoms with Crippen molar-refractivity contribution < 1.29 is 27.7 Å². The highest BCUT2D eigenvalue weighted by Gasteiger charge is 2.35. The number of nitrogens with zero attached hydrogens (tertiary/aromatic N) is 2. The Bertz CT molecular complexity index is 1400. The molecule has 35 heavy (non-hydrogen) atoms. The van der Waals surface area contributed by atoms with Gasteiger partial charge in [0.05, 0.1) is 22.0 Å². The Morgan fingerprint density at radius 1 is 1.14 bits per heavy atom. The first kappa shape index (κ1) is 23.4. The van der Waals surface area contributed by atoms with Gasteiger partial charge in [-0.25, -0.2) is 0 Å². The molecule has 0 saturated carbocycles. The van der Waals surface area contributed by atoms with Gasteiger partial charge >= 0.3 is 6.18 Å². The van der Waals surface area contributed by atoms with E-state index < -0.39 is 46.4 Å². The van der Waals surface area contributed by atoms with Gasteiger partial charge in [-0.05, 0) is 24.3 Å². The zero-order valence-corrected chi connectivity index (χ0v) is 17.5. The molecule has 14 heteroatoms. The molecule has 0 radical (unpaired) electrons. The maximum Gasteiger partial charge on any atom is 0.416 e. The number of hydrogen-bond acceptors (Lipinski definition) is 7. The number of benzene rings is 2. The van der Waals surface area contributed by atoms with Crippen LogP contribution in [-0.2, 0) is 15.8 Å². The van der Waals surface area contributed by atoms with Crippen molar-refractivity contribution in [1.82, 2.24) is 9.97 Å². The molecule has 0 unspecified atom stereocenters. The molecular formula is C21H15F3N6O5. The number of carbonyl (C=O) groups is 2. The molecular weight excluding hydrogens is 473 g/mol. The highest BCUT2D eigenvalue weighted by molar-refractivity contribution is 6.05. The predicted molar refractivity (Wildman–Crippen MR) is 117 cm³/mol. The third kappa shape index (κ3) is 4.95. The fourth-order valence-electron chi connectivity index (χ4n) is 3.52. The summed E-state index contributed by atoms with van der Waals surface area (Å²) in [4.78, 5) is 54.8. The third-order valence-electron chi connectivity index (χ3n) is 5.08. The molecule has 11 nitrogen and oxygen atoms in total. The van der Waals surface area contributed by atoms with Gasteiger partial charge in [0.15, 0.2) is 0 Å². The first-order valence-electron chi connectivity index (χ1n) is 9.95. The number of amides is 2. The fourth-order valence-corrected chi connectivity index (χ4v) is 3.52. The molecule has 1 atom stereocenters. The minimum atomic E-state index is -4.59. The number of alkyl halides is 3. The van der Waals surface area contributed by atoms with E-state index in [1.807, 2.05) is 0 Å². The topological polar surface area (TPSA) is 159 Å². The molecule has 4 N–H and O–H groups in total. The molecule has 2 heterocycles. The summed E-state index contributed by atoms with van der Waals surface area (Å²) in [7, 11) is 0. The summed E-state index contributed by atoms with van der Waals surface area (Å²) in [5.74, 6) is -3.35. The fraction of sp³-hybridized carbons (Fsp3) is 0.143. The summed E-state index contributed by atoms with van der Waals surface area (Å²) in [6.07, 6.45) is -5.01. The van der Waals surface area contributed by atoms with Crippen LogP contribution in [0.25, 0.3) is 0 Å². The number of aromatic amines is 1. The van der Waals surface area contributed by atoms with Crippen molar-refractivity contribution in [3.63, 3.8) is 0 Å². The van der Waals surface area contributed by atoms with Gasteiger partial charge in [0.25, 0.3) is 11.2 Å². The maximum atomic E-state index is 13.0. The van der Waals surface area contributed by atoms with Gasteiger partial charge in [-0.3, -0.25) is 29.5 Å². The summed E-state index contributed by atoms with van der Waals surface area (Å²) in [6, 6.07) is 9.50. The van der Waals surface area contributed by atoms with Crippen molar-refractivity contribution >= 4 is 40.6 Å². The van der Waals surface area contributed by atoms with E-state index in [-0.39, 0.29) is 34.4 Å². The van der Waals surface area contributed by atoms with Crippen LogP contribution < -0.4 is 21.5 Å². The van der Waals surface area contributed by atoms with Crippen LogP contribution in [-0.4, -0.2) is 26.7 Å². The molecule has 3 aromatic rings. The standard InChI is InChI=1S/C21H15F3N6O5/c22-21(23,24)10-4-3-5-11(8-10)25-20-28-17-16(19(33)29-20)12(9-15(31)27-17)18(32)26-13-6-1-2-7-14(13)30(34)35/h1-8,12H,9H2,(H,26,32)(H3,25,27,28,29,31,33)/t12-/m0/s1. The molecule has 2 amide bonds. The normalized spacial score (nSPS) is 15.1. The number of fused-ring (bicyclic) bond motifs is 1. The highest BCUT2D eigenvalue weighted by Crippen LogP contribution is 2.33. The van der Waals surface area contributed by atoms with Gasteiger partial charge in [-0.1, -0.05) is 18.2 Å². The Kier molecular flexibility index (Phi) is 5.94. The number of nitrogens with one attached hydrogen (secondary N) is 4. The smallest absolute Gasteiger partial charge is 0.326 e. The maximum absolute atomic E-state index is 13.0. The molecule has 2 aromatic carbocycles. The predicted octanol–water partition coefficient (Wildman–Crippen LogP) is 3.51. The molecule has 4 rings (SSSR count). The lowest BCUT2D eigenvalue weighted by Crippen LogP contribution is -2.36. The molecule has 0 spiro atoms. The first-order chi connectivity index (χ1) is 16.5. The first-order valence-corrected chi connectivity index (χ1v) is 9.95. The van der Waals surface area contributed by atoms with Crippen LogP contribution in [0.3, 0.4) is 0 Å². The van der Waals surface area contributed by atoms with E-state index in [2.05, 4.69) is 25.9 Å². The minimum absolute atomic E-state index is 0.0317. The van der Waals surface area contributed by atoms with E-state index >= 15 is 0 Å². The number of nitro benzene ring substituents is 1. The number of aromatic nitrogens is 2. The summed E-state index contributed by atoms with van der Waals surface area (Å²) >= 11 is 0. The third-order valence-corrected chi connectivity index (χ3v) is 5.08. The van der Waals surface area contributed by atoms with E-state index in [0.29, 0.717) is 0 Å². The lowest BCUT2D eigenvalue weighted by atomic mass is 9.92. The Morgan fingerprint density at radius 3 is 2.60 bits per heavy atom. The molecule has 0 bridgehead atoms. The average molecular weight is 488 g/mol. The van der Waals surface area contributed by atoms with E-state index in [4.69, 9.17) is 0 Å². The number of anilines is 4. The summed E-state index contributed by atoms with van der Waals surface area (Å²) in [5.41, 5.74) is -2.49. The summed E-state index contributed by atoms with van der Waals surface area (Å²) in [5, 5.41) is 18.5. The van der Waals surface area contributed by atoms with Crippen LogP contribution in [0.2, 0.25) is 0 Å². The molecule has 1 aromatic heterocycles. The number of H-pyrrole nitrogens is 1. The zero-order chi connectivity index (χ0) is 25.3. The van der Waals surface area contributed by atoms with Crippen LogP contribution in [0, 0.1) is 10.1 Å². The highest BCUT2D eigenvalue weighted by atomic mass is 19.4. The van der Waals surface area contributed by atoms with Gasteiger partial charge in [0.1, 0.15) is 11.5 Å². The largest absolute Gasteiger partial charge is 0.416 e. The Hall–Kier alpha value is -4.75. The van der Waals surface area contributed by atoms with Crippen molar-refractivity contribution in [1.29, 1.82) is 0 Å². The second kappa shape index (κ2) is 8.89. The number of carbonyl (C=O) groups excluding carboxylic acids is 2. The Morgan fingerprint density at radius 2 is 1.89 bits per heavy atom. The molecule has 1 aliphatic rings. The van der Waals surface area contributed by atoms with Crippen molar-refractivity contribution in [2.75, 3.05) is 16.0 Å². The minimum Gasteiger partial charge on any atom is -0.326 e. The Labute approximate surface area is 193 Å². The summed E-state index contributed by atoms with van der Waals surface area (Å²) < 4.78 is 38.9. The van der Waals surface area contributed by atoms with Crippen LogP contribution in [0.5, 0.6) is 0 Å². The van der Waals surface area contributed by atoms with E-state index in [1.165, 1.54) is 30.3 Å². The van der Waals surface area contributed by atoms with Crippen molar-refractivity contribution in [2.24, 2.45) is 0 Å². The molecule has 0 saturated heterocycles. The van der Waals surface area contributed by atoms with Crippen LogP contribution in [0.15, 0.2) is 53.3 Å². The number of halogens is 3. The quantitative estimate of drug-likeness (QED) is 0.316.